The van der Waals surface area contributed by atoms with E-state index in [1.807, 2.05) is 39.0 Å². The van der Waals surface area contributed by atoms with E-state index in [4.69, 9.17) is 68.6 Å². The van der Waals surface area contributed by atoms with Crippen LogP contribution in [0.4, 0.5) is 0 Å². The molecule has 2 fully saturated rings. The van der Waals surface area contributed by atoms with Gasteiger partial charge in [0.25, 0.3) is 6.47 Å². The zero-order valence-corrected chi connectivity index (χ0v) is 72.1. The number of Topliss-reactive ketones (excluding diaryl/α,β-unsaturated/α-hetero) is 1. The smallest absolute Gasteiger partial charge is 1.00 e. The number of aryl methyl sites for hydroxylation is 4. The molecule has 5 aromatic carbocycles. The molecule has 1 aromatic heterocycles. The summed E-state index contributed by atoms with van der Waals surface area (Å²) in [7, 11) is -4.67. The third-order valence-corrected chi connectivity index (χ3v) is 17.9. The van der Waals surface area contributed by atoms with Gasteiger partial charge in [-0.25, -0.2) is 0 Å². The Morgan fingerprint density at radius 3 is 1.42 bits per heavy atom. The minimum absolute atomic E-state index is 0. The van der Waals surface area contributed by atoms with Crippen molar-refractivity contribution in [3.63, 3.8) is 0 Å². The fraction of sp³-hybridized carbons (Fsp3) is 0.479. The van der Waals surface area contributed by atoms with Crippen LogP contribution in [-0.4, -0.2) is 154 Å². The monoisotopic (exact) mass is 1640 g/mol. The molecule has 12 rings (SSSR count). The number of carboxylic acids is 1. The zero-order valence-electron chi connectivity index (χ0n) is 60.0. The normalized spacial score (nSPS) is 13.6. The number of carbonyl (C=O) groups is 4. The van der Waals surface area contributed by atoms with Crippen LogP contribution in [0.5, 0.6) is 23.0 Å². The van der Waals surface area contributed by atoms with Gasteiger partial charge in [-0.3, -0.25) is 28.3 Å². The fourth-order valence-corrected chi connectivity index (χ4v) is 13.4. The molecule has 101 heavy (non-hydrogen) atoms. The summed E-state index contributed by atoms with van der Waals surface area (Å²) in [5, 5.41) is 70.3. The van der Waals surface area contributed by atoms with E-state index < -0.39 is 16.4 Å². The number of benzene rings is 5. The number of fused-ring (bicyclic) bond motifs is 5. The van der Waals surface area contributed by atoms with Crippen molar-refractivity contribution in [3.05, 3.63) is 148 Å². The minimum atomic E-state index is -4.67. The van der Waals surface area contributed by atoms with Gasteiger partial charge in [-0.15, -0.1) is 0 Å². The topological polar surface area (TPSA) is 383 Å². The van der Waals surface area contributed by atoms with Crippen molar-refractivity contribution < 1.29 is 235 Å². The summed E-state index contributed by atoms with van der Waals surface area (Å²) in [6.45, 7) is 20.6. The van der Waals surface area contributed by atoms with Gasteiger partial charge in [-0.2, -0.15) is 8.42 Å². The van der Waals surface area contributed by atoms with E-state index in [0.717, 1.165) is 194 Å². The number of esters is 1. The number of furan rings is 1. The summed E-state index contributed by atoms with van der Waals surface area (Å²) in [6, 6.07) is 13.8. The quantitative estimate of drug-likeness (QED) is 0.0109. The van der Waals surface area contributed by atoms with Gasteiger partial charge in [0.15, 0.2) is 5.78 Å². The Bertz CT molecular complexity index is 3710. The molecule has 0 atom stereocenters. The Morgan fingerprint density at radius 2 is 1.06 bits per heavy atom. The first kappa shape index (κ1) is 101. The maximum Gasteiger partial charge on any atom is 1.00 e. The molecule has 4 aliphatic carbocycles. The van der Waals surface area contributed by atoms with Crippen LogP contribution >= 0.6 is 44.1 Å². The number of phenols is 4. The van der Waals surface area contributed by atoms with E-state index in [9.17, 15) is 34.8 Å². The number of aliphatic carboxylic acids is 1. The Kier molecular flexibility index (Phi) is 52.5. The number of carboxylic acid groups (broad SMARTS) is 1. The van der Waals surface area contributed by atoms with Crippen molar-refractivity contribution >= 4 is 94.6 Å². The van der Waals surface area contributed by atoms with Crippen LogP contribution < -0.4 is 143 Å². The van der Waals surface area contributed by atoms with Crippen molar-refractivity contribution in [1.29, 1.82) is 0 Å². The molecule has 30 heteroatoms. The first-order valence-corrected chi connectivity index (χ1v) is 35.5. The molecule has 0 unspecified atom stereocenters. The maximum absolute atomic E-state index is 11.4. The number of hydrogen-bond acceptors (Lipinski definition) is 20. The molecule has 3 heterocycles. The SMILES string of the molecule is BrCc1cc(Br)c2occc2c1.C.C1COCCN1.CC(=O)c1cc(C)c2c(c1O)CCC2.CCO.CCOC(=O)Cc1cc(C)c2c(c1O)CCC2.Cc1cc(CC(=O)O)c(O)c2c1CCC2.Cc1cc(CC(=S)N2CCOCC2)c(O)c2c1CCC2.O=CO[O-].O=S(=O)(O)O.[H-].[K+].[K+].[Na+].[OH-]. The second-order valence-electron chi connectivity index (χ2n) is 23.1. The molecule has 2 saturated heterocycles. The number of thiocarbonyl (C=S) groups is 1. The Hall–Kier alpha value is -2.33. The summed E-state index contributed by atoms with van der Waals surface area (Å²) in [4.78, 5) is 47.7. The van der Waals surface area contributed by atoms with E-state index in [1.165, 1.54) is 45.9 Å². The average Bonchev–Trinajstić information content (AvgIpc) is 1.59. The van der Waals surface area contributed by atoms with Gasteiger partial charge >= 0.3 is 155 Å². The van der Waals surface area contributed by atoms with Crippen LogP contribution in [-0.2, 0) is 120 Å². The van der Waals surface area contributed by atoms with Crippen molar-refractivity contribution in [2.24, 2.45) is 0 Å². The van der Waals surface area contributed by atoms with Crippen LogP contribution in [0.1, 0.15) is 155 Å². The van der Waals surface area contributed by atoms with Crippen LogP contribution in [0.25, 0.3) is 11.0 Å². The average molecular weight is 1640 g/mol. The zero-order chi connectivity index (χ0) is 71.2. The van der Waals surface area contributed by atoms with Crippen LogP contribution in [0.3, 0.4) is 0 Å². The Balaban J connectivity index is -0.00000112. The standard InChI is InChI=1S/C16H21NO2S.C14H18O3.C12H14O3.C12H14O2.C9H6Br2O.C4H9NO.C2H6O.CH2O3.CH4.2K.Na.H2O4S.H2O.H/c1-11-9-12(16(18)14-4-2-3-13(11)14)10-15(20)17-5-7-19-8-6-17;1-3-17-13(15)8-10-7-9(2)11-5-4-6-12(11)14(10)16;1-7-5-8(6-11(13)14)12(15)10-4-2-3-9(7)10;1-7-6-11(8(2)13)12(14)10-5-3-4-9(7)10;10-5-6-3-7-1-2-12-9(7)8(11)4-6;1-3-6-4-2-5-1;1-2-3;2-1-4-3;;;;;1-5(2,3)4;;/h9,18H,2-8,10H2,1H3;7,16H,3-6,8H2,1-2H3;5,15H,2-4,6H2,1H3,(H,13,14);6,14H,3-5H2,1-2H3;1-4H,5H2;5H,1-4H2;3H,2H2,1H3;1,3H;1H4;;;;(H2,1,2,3,4);1H2;/q;;;;;;;;;3*+1;;;-1/p-2. The number of nitrogens with one attached hydrogen (secondary N) is 1. The number of aromatic hydroxyl groups is 4. The summed E-state index contributed by atoms with van der Waals surface area (Å²) in [6.07, 6.45) is 14.7. The molecule has 2 aliphatic heterocycles. The van der Waals surface area contributed by atoms with Crippen molar-refractivity contribution in [1.82, 2.24) is 10.2 Å². The van der Waals surface area contributed by atoms with E-state index in [-0.39, 0.29) is 196 Å². The number of rotatable bonds is 10. The number of aliphatic hydroxyl groups excluding tert-OH is 1. The number of nitrogens with zero attached hydrogens (tertiary/aromatic N) is 1. The third kappa shape index (κ3) is 33.4. The number of alkyl halides is 1. The van der Waals surface area contributed by atoms with Gasteiger partial charge in [0.1, 0.15) is 28.6 Å². The van der Waals surface area contributed by atoms with Gasteiger partial charge in [0, 0.05) is 66.6 Å². The molecule has 546 valence electrons. The molecule has 10 N–H and O–H groups in total. The van der Waals surface area contributed by atoms with Crippen LogP contribution in [0.15, 0.2) is 57.6 Å². The van der Waals surface area contributed by atoms with Crippen molar-refractivity contribution in [2.75, 3.05) is 65.8 Å². The predicted octanol–water partition coefficient (Wildman–Crippen LogP) is 1.96. The summed E-state index contributed by atoms with van der Waals surface area (Å²) in [5.41, 5.74) is 18.8. The largest absolute Gasteiger partial charge is 1.00 e. The third-order valence-electron chi connectivity index (χ3n) is 16.3. The fourth-order valence-electron chi connectivity index (χ4n) is 12.1. The number of phenolic OH excluding ortho intramolecular Hbond substituents is 4. The number of morpholine rings is 2. The molecule has 0 spiro atoms. The van der Waals surface area contributed by atoms with Crippen molar-refractivity contribution in [2.45, 2.75) is 158 Å². The molecular weight excluding hydrogens is 1540 g/mol. The van der Waals surface area contributed by atoms with E-state index in [0.29, 0.717) is 41.2 Å². The van der Waals surface area contributed by atoms with Gasteiger partial charge in [0.05, 0.1) is 67.2 Å². The molecule has 0 radical (unpaired) electrons. The minimum Gasteiger partial charge on any atom is -1.00 e. The number of aliphatic hydroxyl groups is 1. The number of ether oxygens (including phenoxy) is 3. The molecule has 0 bridgehead atoms. The maximum atomic E-state index is 11.4. The van der Waals surface area contributed by atoms with Crippen LogP contribution in [0, 0.1) is 27.7 Å². The molecule has 6 aliphatic rings. The Labute approximate surface area is 724 Å². The van der Waals surface area contributed by atoms with E-state index in [1.54, 1.807) is 26.2 Å². The number of halogens is 2. The first-order chi connectivity index (χ1) is 45.6. The number of carbonyl (C=O) groups excluding carboxylic acids is 3. The number of hydrogen-bond donors (Lipinski definition) is 9. The van der Waals surface area contributed by atoms with Crippen LogP contribution in [0.2, 0.25) is 0 Å². The summed E-state index contributed by atoms with van der Waals surface area (Å²) in [5.74, 6) is -0.0240. The first-order valence-electron chi connectivity index (χ1n) is 31.7. The molecular formula is C71H97Br2K2N2NaO21S2. The second-order valence-corrected chi connectivity index (χ2v) is 25.9. The molecule has 0 saturated carbocycles. The van der Waals surface area contributed by atoms with E-state index in [2.05, 4.69) is 72.1 Å². The Morgan fingerprint density at radius 1 is 0.683 bits per heavy atom. The molecule has 6 aromatic rings. The predicted molar refractivity (Wildman–Crippen MR) is 384 cm³/mol. The van der Waals surface area contributed by atoms with Gasteiger partial charge in [-0.05, 0) is 238 Å². The molecule has 0 amide bonds. The van der Waals surface area contributed by atoms with Crippen molar-refractivity contribution in [3.8, 4) is 23.0 Å². The van der Waals surface area contributed by atoms with Gasteiger partial charge in [-0.1, -0.05) is 53.8 Å². The molecule has 23 nitrogen and oxygen atoms in total. The second kappa shape index (κ2) is 52.6. The van der Waals surface area contributed by atoms with E-state index >= 15 is 0 Å². The summed E-state index contributed by atoms with van der Waals surface area (Å²) < 4.78 is 53.2. The van der Waals surface area contributed by atoms with Gasteiger partial charge < -0.3 is 76.5 Å². The number of ketones is 1. The van der Waals surface area contributed by atoms with Gasteiger partial charge in [0.2, 0.25) is 0 Å². The summed E-state index contributed by atoms with van der Waals surface area (Å²) >= 11 is 12.4.